The van der Waals surface area contributed by atoms with Gasteiger partial charge in [-0.3, -0.25) is 4.79 Å². The number of hydrogen-bond donors (Lipinski definition) is 0. The second kappa shape index (κ2) is 7.81. The molecule has 2 aromatic carbocycles. The molecule has 0 saturated carbocycles. The zero-order chi connectivity index (χ0) is 19.4. The van der Waals surface area contributed by atoms with Crippen LogP contribution in [-0.2, 0) is 11.3 Å². The van der Waals surface area contributed by atoms with Crippen LogP contribution in [0.15, 0.2) is 42.5 Å². The van der Waals surface area contributed by atoms with Crippen molar-refractivity contribution in [2.24, 2.45) is 0 Å². The number of benzene rings is 2. The van der Waals surface area contributed by atoms with Gasteiger partial charge >= 0.3 is 0 Å². The largest absolute Gasteiger partial charge is 0.493 e. The van der Waals surface area contributed by atoms with Gasteiger partial charge in [0.25, 0.3) is 0 Å². The lowest BCUT2D eigenvalue weighted by atomic mass is 10.2. The normalized spacial score (nSPS) is 10.5. The summed E-state index contributed by atoms with van der Waals surface area (Å²) < 4.78 is 23.5. The second-order valence-corrected chi connectivity index (χ2v) is 5.64. The smallest absolute Gasteiger partial charge is 0.250 e. The fourth-order valence-corrected chi connectivity index (χ4v) is 2.44. The Bertz CT molecular complexity index is 942. The second-order valence-electron chi connectivity index (χ2n) is 5.64. The highest BCUT2D eigenvalue weighted by molar-refractivity contribution is 5.92. The van der Waals surface area contributed by atoms with E-state index in [1.807, 2.05) is 0 Å². The number of carbonyl (C=O) groups excluding carboxylic acids is 1. The molecule has 8 nitrogen and oxygen atoms in total. The third kappa shape index (κ3) is 4.02. The van der Waals surface area contributed by atoms with E-state index in [9.17, 15) is 9.18 Å². The molecule has 3 rings (SSSR count). The third-order valence-corrected chi connectivity index (χ3v) is 3.96. The van der Waals surface area contributed by atoms with E-state index in [4.69, 9.17) is 9.47 Å². The number of ether oxygens (including phenoxy) is 2. The number of halogens is 1. The lowest BCUT2D eigenvalue weighted by Gasteiger charge is -2.16. The van der Waals surface area contributed by atoms with Crippen LogP contribution in [0, 0.1) is 5.82 Å². The van der Waals surface area contributed by atoms with Crippen LogP contribution in [0.2, 0.25) is 0 Å². The molecule has 0 atom stereocenters. The Morgan fingerprint density at radius 3 is 2.48 bits per heavy atom. The molecule has 1 amide bonds. The molecule has 27 heavy (non-hydrogen) atoms. The molecule has 1 heterocycles. The lowest BCUT2D eigenvalue weighted by Crippen LogP contribution is -2.30. The van der Waals surface area contributed by atoms with Crippen LogP contribution in [-0.4, -0.2) is 47.4 Å². The molecule has 140 valence electrons. The maximum atomic E-state index is 13.0. The van der Waals surface area contributed by atoms with Crippen LogP contribution in [0.5, 0.6) is 11.5 Å². The van der Waals surface area contributed by atoms with E-state index in [-0.39, 0.29) is 18.3 Å². The van der Waals surface area contributed by atoms with E-state index in [0.29, 0.717) is 28.6 Å². The van der Waals surface area contributed by atoms with Crippen LogP contribution in [0.1, 0.15) is 0 Å². The Morgan fingerprint density at radius 2 is 1.81 bits per heavy atom. The zero-order valence-corrected chi connectivity index (χ0v) is 15.1. The van der Waals surface area contributed by atoms with Crippen LogP contribution >= 0.6 is 0 Å². The molecule has 0 N–H and O–H groups in total. The Labute approximate surface area is 155 Å². The fourth-order valence-electron chi connectivity index (χ4n) is 2.44. The van der Waals surface area contributed by atoms with Crippen molar-refractivity contribution in [3.63, 3.8) is 0 Å². The first-order valence-corrected chi connectivity index (χ1v) is 8.04. The fraction of sp³-hybridized carbons (Fsp3) is 0.222. The van der Waals surface area contributed by atoms with Gasteiger partial charge in [-0.05, 0) is 47.7 Å². The molecule has 1 aromatic heterocycles. The number of tetrazole rings is 1. The summed E-state index contributed by atoms with van der Waals surface area (Å²) in [5.41, 5.74) is 1.25. The monoisotopic (exact) mass is 371 g/mol. The minimum Gasteiger partial charge on any atom is -0.493 e. The van der Waals surface area contributed by atoms with Gasteiger partial charge < -0.3 is 14.4 Å². The van der Waals surface area contributed by atoms with Crippen LogP contribution in [0.3, 0.4) is 0 Å². The molecule has 0 radical (unpaired) electrons. The summed E-state index contributed by atoms with van der Waals surface area (Å²) in [5.74, 6) is 0.853. The number of hydrogen-bond acceptors (Lipinski definition) is 6. The SMILES string of the molecule is COc1ccc(-c2nnn(CC(=O)N(C)c3ccc(F)cc3)n2)cc1OC. The van der Waals surface area contributed by atoms with Gasteiger partial charge in [-0.2, -0.15) is 4.80 Å². The van der Waals surface area contributed by atoms with Crippen molar-refractivity contribution in [1.82, 2.24) is 20.2 Å². The molecular formula is C18H18FN5O3. The summed E-state index contributed by atoms with van der Waals surface area (Å²) in [7, 11) is 4.69. The molecule has 0 aliphatic heterocycles. The summed E-state index contributed by atoms with van der Waals surface area (Å²) in [4.78, 5) is 15.0. The number of rotatable bonds is 6. The minimum atomic E-state index is -0.364. The minimum absolute atomic E-state index is 0.103. The summed E-state index contributed by atoms with van der Waals surface area (Å²) in [6, 6.07) is 10.9. The van der Waals surface area contributed by atoms with E-state index < -0.39 is 0 Å². The van der Waals surface area contributed by atoms with Gasteiger partial charge in [0.05, 0.1) is 14.2 Å². The van der Waals surface area contributed by atoms with Crippen molar-refractivity contribution in [3.8, 4) is 22.9 Å². The van der Waals surface area contributed by atoms with Gasteiger partial charge in [0.1, 0.15) is 12.4 Å². The highest BCUT2D eigenvalue weighted by atomic mass is 19.1. The van der Waals surface area contributed by atoms with Gasteiger partial charge in [0, 0.05) is 18.3 Å². The average molecular weight is 371 g/mol. The quantitative estimate of drug-likeness (QED) is 0.660. The van der Waals surface area contributed by atoms with Gasteiger partial charge in [0.15, 0.2) is 11.5 Å². The van der Waals surface area contributed by atoms with Crippen LogP contribution < -0.4 is 14.4 Å². The number of aromatic nitrogens is 4. The Hall–Kier alpha value is -3.49. The molecule has 0 aliphatic carbocycles. The average Bonchev–Trinajstić information content (AvgIpc) is 3.15. The Kier molecular flexibility index (Phi) is 5.30. The van der Waals surface area contributed by atoms with Gasteiger partial charge in [-0.1, -0.05) is 0 Å². The molecule has 0 spiro atoms. The third-order valence-electron chi connectivity index (χ3n) is 3.96. The summed E-state index contributed by atoms with van der Waals surface area (Å²) >= 11 is 0. The van der Waals surface area contributed by atoms with Crippen molar-refractivity contribution < 1.29 is 18.7 Å². The van der Waals surface area contributed by atoms with Crippen molar-refractivity contribution in [2.45, 2.75) is 6.54 Å². The van der Waals surface area contributed by atoms with Gasteiger partial charge in [-0.15, -0.1) is 10.2 Å². The van der Waals surface area contributed by atoms with Crippen molar-refractivity contribution in [2.75, 3.05) is 26.2 Å². The summed E-state index contributed by atoms with van der Waals surface area (Å²) in [6.45, 7) is -0.103. The van der Waals surface area contributed by atoms with Crippen molar-refractivity contribution in [3.05, 3.63) is 48.3 Å². The van der Waals surface area contributed by atoms with Crippen LogP contribution in [0.25, 0.3) is 11.4 Å². The first kappa shape index (κ1) is 18.3. The van der Waals surface area contributed by atoms with E-state index in [1.165, 1.54) is 41.1 Å². The predicted octanol–water partition coefficient (Wildman–Crippen LogP) is 2.16. The topological polar surface area (TPSA) is 82.4 Å². The molecule has 0 unspecified atom stereocenters. The molecule has 0 saturated heterocycles. The standard InChI is InChI=1S/C18H18FN5O3/c1-23(14-7-5-13(19)6-8-14)17(25)11-24-21-18(20-22-24)12-4-9-15(26-2)16(10-12)27-3/h4-10H,11H2,1-3H3. The van der Waals surface area contributed by atoms with Crippen molar-refractivity contribution in [1.29, 1.82) is 0 Å². The number of amides is 1. The maximum absolute atomic E-state index is 13.0. The first-order valence-electron chi connectivity index (χ1n) is 8.04. The number of likely N-dealkylation sites (N-methyl/N-ethyl adjacent to an activating group) is 1. The lowest BCUT2D eigenvalue weighted by molar-refractivity contribution is -0.119. The highest BCUT2D eigenvalue weighted by Crippen LogP contribution is 2.30. The number of carbonyl (C=O) groups is 1. The van der Waals surface area contributed by atoms with E-state index >= 15 is 0 Å². The van der Waals surface area contributed by atoms with Crippen LogP contribution in [0.4, 0.5) is 10.1 Å². The molecular weight excluding hydrogens is 353 g/mol. The Balaban J connectivity index is 1.74. The molecule has 0 bridgehead atoms. The molecule has 9 heteroatoms. The molecule has 3 aromatic rings. The van der Waals surface area contributed by atoms with E-state index in [1.54, 1.807) is 32.4 Å². The predicted molar refractivity (Wildman–Crippen MR) is 96.2 cm³/mol. The van der Waals surface area contributed by atoms with Gasteiger partial charge in [-0.25, -0.2) is 4.39 Å². The van der Waals surface area contributed by atoms with E-state index in [2.05, 4.69) is 15.4 Å². The number of nitrogens with zero attached hydrogens (tertiary/aromatic N) is 5. The van der Waals surface area contributed by atoms with E-state index in [0.717, 1.165) is 0 Å². The number of anilines is 1. The van der Waals surface area contributed by atoms with Crippen molar-refractivity contribution >= 4 is 11.6 Å². The Morgan fingerprint density at radius 1 is 1.11 bits per heavy atom. The first-order chi connectivity index (χ1) is 13.0. The zero-order valence-electron chi connectivity index (χ0n) is 15.1. The number of methoxy groups -OCH3 is 2. The summed E-state index contributed by atoms with van der Waals surface area (Å²) in [6.07, 6.45) is 0. The van der Waals surface area contributed by atoms with Gasteiger partial charge in [0.2, 0.25) is 11.7 Å². The molecule has 0 fully saturated rings. The maximum Gasteiger partial charge on any atom is 0.250 e. The summed E-state index contributed by atoms with van der Waals surface area (Å²) in [5, 5.41) is 12.1. The highest BCUT2D eigenvalue weighted by Gasteiger charge is 2.15. The molecule has 0 aliphatic rings.